The fourth-order valence-electron chi connectivity index (χ4n) is 7.53. The average Bonchev–Trinajstić information content (AvgIpc) is 3.60. The van der Waals surface area contributed by atoms with Crippen molar-refractivity contribution in [3.05, 3.63) is 120 Å². The smallest absolute Gasteiger partial charge is 0.437 e. The molecule has 1 unspecified atom stereocenters. The van der Waals surface area contributed by atoms with Gasteiger partial charge in [0.05, 0.1) is 47.3 Å². The van der Waals surface area contributed by atoms with Crippen molar-refractivity contribution in [1.29, 1.82) is 0 Å². The molecule has 0 radical (unpaired) electrons. The Morgan fingerprint density at radius 3 is 2.50 bits per heavy atom. The molecule has 338 valence electrons. The van der Waals surface area contributed by atoms with E-state index in [1.807, 2.05) is 4.57 Å². The van der Waals surface area contributed by atoms with E-state index in [-0.39, 0.29) is 59.9 Å². The van der Waals surface area contributed by atoms with Crippen LogP contribution in [-0.2, 0) is 28.9 Å². The maximum atomic E-state index is 14.1. The first-order chi connectivity index (χ1) is 31.8. The highest BCUT2D eigenvalue weighted by atomic mass is 19.4. The molecular weight excluding hydrogens is 866 g/mol. The molecule has 2 fully saturated rings. The van der Waals surface area contributed by atoms with Gasteiger partial charge in [0, 0.05) is 55.3 Å². The van der Waals surface area contributed by atoms with Gasteiger partial charge in [-0.15, -0.1) is 0 Å². The molecule has 0 bridgehead atoms. The molecular formula is C44H39F3N12O7. The number of carbonyl (C=O) groups excluding carboxylic acids is 6. The Labute approximate surface area is 372 Å². The summed E-state index contributed by atoms with van der Waals surface area (Å²) in [5.74, 6) is -2.44. The van der Waals surface area contributed by atoms with Crippen LogP contribution < -0.4 is 26.6 Å². The summed E-state index contributed by atoms with van der Waals surface area (Å²) < 4.78 is 50.6. The fourth-order valence-corrected chi connectivity index (χ4v) is 7.53. The number of aryl methyl sites for hydroxylation is 1. The number of benzene rings is 2. The number of nitrogens with one attached hydrogen (secondary N) is 5. The van der Waals surface area contributed by atoms with Crippen LogP contribution in [0.25, 0.3) is 17.1 Å². The van der Waals surface area contributed by atoms with Crippen LogP contribution in [0.3, 0.4) is 0 Å². The van der Waals surface area contributed by atoms with Crippen LogP contribution in [0.2, 0.25) is 0 Å². The van der Waals surface area contributed by atoms with Gasteiger partial charge >= 0.3 is 6.18 Å². The van der Waals surface area contributed by atoms with E-state index < -0.39 is 59.0 Å². The standard InChI is InChI=1S/C44H39F3N12O7/c45-44(46,47)37-31(53-39(62)32-22-66-41(54-32)26-13-15-48-34(17-26)51-18-24-5-6-24)21-58(56-37)28-9-7-25(8-10-28)38(61)49-14-2-16-57-20-27(52-23-57)19-50-30-4-1-3-29-36(30)43(65)59(42(29)64)33-11-12-35(60)55-40(33)63/h1,3-4,7-10,13,15,17,20-24,33,50H,2,5-6,11-12,14,16,18-19H2,(H,48,51)(H,49,61)(H,53,62)(H,55,60,63). The molecule has 1 atom stereocenters. The monoisotopic (exact) mass is 904 g/mol. The quantitative estimate of drug-likeness (QED) is 0.0633. The topological polar surface area (TPSA) is 240 Å². The minimum absolute atomic E-state index is 0.0146. The number of halogens is 3. The first-order valence-corrected chi connectivity index (χ1v) is 20.9. The minimum Gasteiger partial charge on any atom is -0.444 e. The lowest BCUT2D eigenvalue weighted by Gasteiger charge is -2.27. The first-order valence-electron chi connectivity index (χ1n) is 20.9. The Balaban J connectivity index is 0.757. The number of piperidine rings is 1. The number of imide groups is 2. The number of carbonyl (C=O) groups is 6. The summed E-state index contributed by atoms with van der Waals surface area (Å²) in [7, 11) is 0. The number of anilines is 3. The second kappa shape index (κ2) is 17.8. The number of fused-ring (bicyclic) bond motifs is 1. The molecule has 2 aliphatic heterocycles. The maximum Gasteiger partial charge on any atom is 0.437 e. The normalized spacial score (nSPS) is 16.0. The van der Waals surface area contributed by atoms with Gasteiger partial charge in [-0.3, -0.25) is 39.0 Å². The van der Waals surface area contributed by atoms with Gasteiger partial charge in [0.2, 0.25) is 17.7 Å². The second-order valence-electron chi connectivity index (χ2n) is 15.9. The van der Waals surface area contributed by atoms with Crippen molar-refractivity contribution in [2.24, 2.45) is 5.92 Å². The second-order valence-corrected chi connectivity index (χ2v) is 15.9. The summed E-state index contributed by atoms with van der Waals surface area (Å²) >= 11 is 0. The van der Waals surface area contributed by atoms with Crippen molar-refractivity contribution in [3.8, 4) is 17.1 Å². The van der Waals surface area contributed by atoms with E-state index in [4.69, 9.17) is 4.42 Å². The number of nitrogens with zero attached hydrogens (tertiary/aromatic N) is 7. The Kier molecular flexibility index (Phi) is 11.6. The SMILES string of the molecule is O=C1CCC(N2C(=O)c3cccc(NCc4cn(CCCNC(=O)c5ccc(-n6cc(NC(=O)c7coc(-c8ccnc(NCC9CC9)c8)n7)c(C(F)(F)F)n6)cc5)cn4)c3C2=O)C(=O)N1. The van der Waals surface area contributed by atoms with E-state index in [0.29, 0.717) is 41.6 Å². The average molecular weight is 905 g/mol. The van der Waals surface area contributed by atoms with Crippen molar-refractivity contribution in [2.45, 2.75) is 57.4 Å². The van der Waals surface area contributed by atoms with Crippen molar-refractivity contribution < 1.29 is 46.4 Å². The number of pyridine rings is 1. The number of aromatic nitrogens is 6. The number of alkyl halides is 3. The molecule has 5 N–H and O–H groups in total. The highest BCUT2D eigenvalue weighted by molar-refractivity contribution is 6.25. The molecule has 3 aliphatic rings. The zero-order chi connectivity index (χ0) is 46.1. The highest BCUT2D eigenvalue weighted by Crippen LogP contribution is 2.36. The molecule has 6 aromatic rings. The maximum absolute atomic E-state index is 14.1. The van der Waals surface area contributed by atoms with Crippen LogP contribution in [0.4, 0.5) is 30.4 Å². The van der Waals surface area contributed by atoms with Gasteiger partial charge in [-0.25, -0.2) is 19.6 Å². The zero-order valence-corrected chi connectivity index (χ0v) is 34.7. The summed E-state index contributed by atoms with van der Waals surface area (Å²) in [4.78, 5) is 90.4. The van der Waals surface area contributed by atoms with E-state index >= 15 is 0 Å². The van der Waals surface area contributed by atoms with Crippen LogP contribution >= 0.6 is 0 Å². The van der Waals surface area contributed by atoms with Crippen LogP contribution in [0, 0.1) is 5.92 Å². The molecule has 1 aliphatic carbocycles. The number of oxazole rings is 1. The summed E-state index contributed by atoms with van der Waals surface area (Å²) in [6, 6.07) is 12.8. The van der Waals surface area contributed by atoms with Crippen LogP contribution in [0.5, 0.6) is 0 Å². The Hall–Kier alpha value is -8.17. The van der Waals surface area contributed by atoms with Crippen LogP contribution in [-0.4, -0.2) is 88.8 Å². The third kappa shape index (κ3) is 9.23. The molecule has 1 saturated carbocycles. The fraction of sp³-hybridized carbons (Fsp3) is 0.273. The lowest BCUT2D eigenvalue weighted by molar-refractivity contribution is -0.140. The molecule has 66 heavy (non-hydrogen) atoms. The van der Waals surface area contributed by atoms with Crippen LogP contribution in [0.15, 0.2) is 90.2 Å². The summed E-state index contributed by atoms with van der Waals surface area (Å²) in [6.45, 7) is 1.76. The van der Waals surface area contributed by atoms with Gasteiger partial charge in [-0.05, 0) is 80.1 Å². The van der Waals surface area contributed by atoms with E-state index in [1.165, 1.54) is 30.3 Å². The molecule has 1 saturated heterocycles. The molecule has 0 spiro atoms. The van der Waals surface area contributed by atoms with Gasteiger partial charge < -0.3 is 30.3 Å². The van der Waals surface area contributed by atoms with Gasteiger partial charge in [-0.2, -0.15) is 18.3 Å². The number of rotatable bonds is 16. The largest absolute Gasteiger partial charge is 0.444 e. The molecule has 6 heterocycles. The molecule has 4 aromatic heterocycles. The Morgan fingerprint density at radius 1 is 0.909 bits per heavy atom. The van der Waals surface area contributed by atoms with Gasteiger partial charge in [0.15, 0.2) is 11.4 Å². The van der Waals surface area contributed by atoms with Gasteiger partial charge in [-0.1, -0.05) is 6.07 Å². The first kappa shape index (κ1) is 43.1. The number of amides is 6. The highest BCUT2D eigenvalue weighted by Gasteiger charge is 2.45. The van der Waals surface area contributed by atoms with Crippen molar-refractivity contribution in [3.63, 3.8) is 0 Å². The summed E-state index contributed by atoms with van der Waals surface area (Å²) in [5.41, 5.74) is 0.0836. The van der Waals surface area contributed by atoms with E-state index in [2.05, 4.69) is 46.6 Å². The van der Waals surface area contributed by atoms with E-state index in [1.54, 1.807) is 43.0 Å². The third-order valence-electron chi connectivity index (χ3n) is 11.1. The molecule has 6 amide bonds. The van der Waals surface area contributed by atoms with Gasteiger partial charge in [0.25, 0.3) is 23.6 Å². The van der Waals surface area contributed by atoms with E-state index in [9.17, 15) is 41.9 Å². The van der Waals surface area contributed by atoms with Crippen molar-refractivity contribution in [2.75, 3.05) is 29.0 Å². The van der Waals surface area contributed by atoms with E-state index in [0.717, 1.165) is 41.4 Å². The molecule has 19 nitrogen and oxygen atoms in total. The molecule has 22 heteroatoms. The third-order valence-corrected chi connectivity index (χ3v) is 11.1. The Morgan fingerprint density at radius 2 is 1.73 bits per heavy atom. The number of hydrogen-bond acceptors (Lipinski definition) is 13. The van der Waals surface area contributed by atoms with Crippen molar-refractivity contribution >= 4 is 52.6 Å². The number of hydrogen-bond donors (Lipinski definition) is 5. The number of imidazole rings is 1. The minimum atomic E-state index is -4.92. The summed E-state index contributed by atoms with van der Waals surface area (Å²) in [6.07, 6.45) is 5.00. The lowest BCUT2D eigenvalue weighted by Crippen LogP contribution is -2.54. The molecule has 2 aromatic carbocycles. The summed E-state index contributed by atoms with van der Waals surface area (Å²) in [5, 5.41) is 17.3. The van der Waals surface area contributed by atoms with Crippen LogP contribution in [0.1, 0.15) is 85.1 Å². The van der Waals surface area contributed by atoms with Crippen molar-refractivity contribution in [1.82, 2.24) is 44.8 Å². The zero-order valence-electron chi connectivity index (χ0n) is 34.7. The molecule has 9 rings (SSSR count). The predicted octanol–water partition coefficient (Wildman–Crippen LogP) is 5.05. The predicted molar refractivity (Wildman–Crippen MR) is 227 cm³/mol. The Bertz CT molecular complexity index is 2880. The van der Waals surface area contributed by atoms with Gasteiger partial charge in [0.1, 0.15) is 18.1 Å². The lowest BCUT2D eigenvalue weighted by atomic mass is 10.0.